The van der Waals surface area contributed by atoms with E-state index in [1.54, 1.807) is 0 Å². The predicted octanol–water partition coefficient (Wildman–Crippen LogP) is 2.30. The number of morpholine rings is 1. The lowest BCUT2D eigenvalue weighted by molar-refractivity contribution is -0.123. The van der Waals surface area contributed by atoms with Gasteiger partial charge in [-0.1, -0.05) is 39.0 Å². The van der Waals surface area contributed by atoms with E-state index in [0.717, 1.165) is 11.3 Å². The van der Waals surface area contributed by atoms with Crippen LogP contribution in [0.5, 0.6) is 0 Å². The number of anilines is 1. The van der Waals surface area contributed by atoms with Crippen LogP contribution in [0.1, 0.15) is 33.3 Å². The van der Waals surface area contributed by atoms with Crippen LogP contribution in [0.4, 0.5) is 5.69 Å². The first-order valence-corrected chi connectivity index (χ1v) is 7.15. The first-order valence-electron chi connectivity index (χ1n) is 7.15. The zero-order chi connectivity index (χ0) is 14.8. The van der Waals surface area contributed by atoms with Gasteiger partial charge in [-0.3, -0.25) is 4.79 Å². The topological polar surface area (TPSA) is 50.4 Å². The normalized spacial score (nSPS) is 23.4. The monoisotopic (exact) mass is 276 g/mol. The predicted molar refractivity (Wildman–Crippen MR) is 81.0 cm³/mol. The minimum atomic E-state index is -0.295. The number of benzene rings is 1. The SMILES string of the molecule is C[C@H]1OCCN[C@@H]1C(=O)Nc1ccccc1C(C)(C)C. The van der Waals surface area contributed by atoms with Crippen molar-refractivity contribution in [1.82, 2.24) is 5.32 Å². The molecule has 2 rings (SSSR count). The average Bonchev–Trinajstić information content (AvgIpc) is 2.38. The highest BCUT2D eigenvalue weighted by atomic mass is 16.5. The number of carbonyl (C=O) groups is 1. The van der Waals surface area contributed by atoms with Gasteiger partial charge in [-0.15, -0.1) is 0 Å². The summed E-state index contributed by atoms with van der Waals surface area (Å²) in [6.07, 6.45) is -0.106. The molecule has 1 aromatic rings. The quantitative estimate of drug-likeness (QED) is 0.871. The van der Waals surface area contributed by atoms with Crippen molar-refractivity contribution in [3.8, 4) is 0 Å². The number of amides is 1. The van der Waals surface area contributed by atoms with E-state index in [1.807, 2.05) is 25.1 Å². The van der Waals surface area contributed by atoms with Gasteiger partial charge in [0.15, 0.2) is 0 Å². The molecule has 0 radical (unpaired) electrons. The fourth-order valence-electron chi connectivity index (χ4n) is 2.48. The third kappa shape index (κ3) is 3.38. The molecule has 1 aromatic carbocycles. The Balaban J connectivity index is 2.16. The van der Waals surface area contributed by atoms with Crippen LogP contribution >= 0.6 is 0 Å². The summed E-state index contributed by atoms with van der Waals surface area (Å²) in [5, 5.41) is 6.25. The van der Waals surface area contributed by atoms with Crippen LogP contribution in [0.25, 0.3) is 0 Å². The van der Waals surface area contributed by atoms with E-state index in [-0.39, 0.29) is 23.5 Å². The highest BCUT2D eigenvalue weighted by Crippen LogP contribution is 2.29. The van der Waals surface area contributed by atoms with Crippen molar-refractivity contribution in [2.75, 3.05) is 18.5 Å². The Labute approximate surface area is 120 Å². The summed E-state index contributed by atoms with van der Waals surface area (Å²) < 4.78 is 5.52. The Bertz CT molecular complexity index is 480. The minimum absolute atomic E-state index is 0.00795. The van der Waals surface area contributed by atoms with Crippen molar-refractivity contribution in [3.05, 3.63) is 29.8 Å². The molecule has 0 aromatic heterocycles. The number of hydrogen-bond donors (Lipinski definition) is 2. The molecule has 110 valence electrons. The van der Waals surface area contributed by atoms with Gasteiger partial charge < -0.3 is 15.4 Å². The van der Waals surface area contributed by atoms with Gasteiger partial charge in [-0.25, -0.2) is 0 Å². The second kappa shape index (κ2) is 5.94. The highest BCUT2D eigenvalue weighted by molar-refractivity contribution is 5.96. The molecule has 0 saturated carbocycles. The molecule has 4 nitrogen and oxygen atoms in total. The van der Waals surface area contributed by atoms with E-state index >= 15 is 0 Å². The molecule has 2 atom stereocenters. The Hall–Kier alpha value is -1.39. The van der Waals surface area contributed by atoms with Gasteiger partial charge in [0.1, 0.15) is 6.04 Å². The van der Waals surface area contributed by atoms with Crippen LogP contribution in [0.15, 0.2) is 24.3 Å². The Morgan fingerprint density at radius 3 is 2.70 bits per heavy atom. The molecule has 0 bridgehead atoms. The fourth-order valence-corrected chi connectivity index (χ4v) is 2.48. The van der Waals surface area contributed by atoms with E-state index in [9.17, 15) is 4.79 Å². The Morgan fingerprint density at radius 1 is 1.35 bits per heavy atom. The summed E-state index contributed by atoms with van der Waals surface area (Å²) in [7, 11) is 0. The summed E-state index contributed by atoms with van der Waals surface area (Å²) in [6, 6.07) is 7.66. The van der Waals surface area contributed by atoms with Crippen LogP contribution in [0.3, 0.4) is 0 Å². The summed E-state index contributed by atoms with van der Waals surface area (Å²) in [5.41, 5.74) is 2.01. The number of ether oxygens (including phenoxy) is 1. The third-order valence-electron chi connectivity index (χ3n) is 3.59. The number of carbonyl (C=O) groups excluding carboxylic acids is 1. The standard InChI is InChI=1S/C16H24N2O2/c1-11-14(17-9-10-20-11)15(19)18-13-8-6-5-7-12(13)16(2,3)4/h5-8,11,14,17H,9-10H2,1-4H3,(H,18,19)/t11-,14+/m1/s1. The molecular weight excluding hydrogens is 252 g/mol. The van der Waals surface area contributed by atoms with Crippen LogP contribution in [-0.2, 0) is 14.9 Å². The molecule has 4 heteroatoms. The van der Waals surface area contributed by atoms with Crippen LogP contribution in [-0.4, -0.2) is 31.2 Å². The summed E-state index contributed by atoms with van der Waals surface area (Å²) in [4.78, 5) is 12.4. The van der Waals surface area contributed by atoms with Crippen molar-refractivity contribution >= 4 is 11.6 Å². The van der Waals surface area contributed by atoms with Gasteiger partial charge in [0, 0.05) is 12.2 Å². The number of rotatable bonds is 2. The van der Waals surface area contributed by atoms with Gasteiger partial charge in [0.25, 0.3) is 0 Å². The maximum absolute atomic E-state index is 12.4. The maximum atomic E-state index is 12.4. The number of hydrogen-bond acceptors (Lipinski definition) is 3. The van der Waals surface area contributed by atoms with Crippen molar-refractivity contribution in [2.24, 2.45) is 0 Å². The fraction of sp³-hybridized carbons (Fsp3) is 0.562. The smallest absolute Gasteiger partial charge is 0.244 e. The Morgan fingerprint density at radius 2 is 2.05 bits per heavy atom. The Kier molecular flexibility index (Phi) is 4.45. The van der Waals surface area contributed by atoms with Crippen LogP contribution in [0.2, 0.25) is 0 Å². The van der Waals surface area contributed by atoms with Crippen LogP contribution in [0, 0.1) is 0 Å². The second-order valence-electron chi connectivity index (χ2n) is 6.29. The van der Waals surface area contributed by atoms with E-state index in [4.69, 9.17) is 4.74 Å². The zero-order valence-corrected chi connectivity index (χ0v) is 12.7. The minimum Gasteiger partial charge on any atom is -0.375 e. The van der Waals surface area contributed by atoms with Gasteiger partial charge >= 0.3 is 0 Å². The summed E-state index contributed by atoms with van der Waals surface area (Å²) in [6.45, 7) is 9.71. The van der Waals surface area contributed by atoms with Crippen molar-refractivity contribution < 1.29 is 9.53 Å². The van der Waals surface area contributed by atoms with Crippen LogP contribution < -0.4 is 10.6 Å². The van der Waals surface area contributed by atoms with Gasteiger partial charge in [0.2, 0.25) is 5.91 Å². The molecule has 0 aliphatic carbocycles. The summed E-state index contributed by atoms with van der Waals surface area (Å²) >= 11 is 0. The molecule has 1 amide bonds. The van der Waals surface area contributed by atoms with Crippen molar-refractivity contribution in [3.63, 3.8) is 0 Å². The molecule has 0 unspecified atom stereocenters. The molecule has 1 saturated heterocycles. The highest BCUT2D eigenvalue weighted by Gasteiger charge is 2.29. The molecule has 20 heavy (non-hydrogen) atoms. The third-order valence-corrected chi connectivity index (χ3v) is 3.59. The molecule has 1 aliphatic rings. The van der Waals surface area contributed by atoms with E-state index in [0.29, 0.717) is 13.2 Å². The first kappa shape index (κ1) is 15.0. The van der Waals surface area contributed by atoms with Gasteiger partial charge in [-0.2, -0.15) is 0 Å². The molecule has 1 fully saturated rings. The lowest BCUT2D eigenvalue weighted by Gasteiger charge is -2.30. The molecule has 0 spiro atoms. The molecule has 1 aliphatic heterocycles. The zero-order valence-electron chi connectivity index (χ0n) is 12.7. The van der Waals surface area contributed by atoms with Crippen molar-refractivity contribution in [2.45, 2.75) is 45.3 Å². The average molecular weight is 276 g/mol. The van der Waals surface area contributed by atoms with E-state index in [1.165, 1.54) is 0 Å². The lowest BCUT2D eigenvalue weighted by Crippen LogP contribution is -2.53. The second-order valence-corrected chi connectivity index (χ2v) is 6.29. The first-order chi connectivity index (χ1) is 9.39. The molecule has 1 heterocycles. The number of nitrogens with one attached hydrogen (secondary N) is 2. The summed E-state index contributed by atoms with van der Waals surface area (Å²) in [5.74, 6) is -0.0334. The molecule has 2 N–H and O–H groups in total. The van der Waals surface area contributed by atoms with Gasteiger partial charge in [0.05, 0.1) is 12.7 Å². The largest absolute Gasteiger partial charge is 0.375 e. The van der Waals surface area contributed by atoms with Gasteiger partial charge in [-0.05, 0) is 24.0 Å². The van der Waals surface area contributed by atoms with Crippen molar-refractivity contribution in [1.29, 1.82) is 0 Å². The van der Waals surface area contributed by atoms with E-state index < -0.39 is 0 Å². The lowest BCUT2D eigenvalue weighted by atomic mass is 9.85. The maximum Gasteiger partial charge on any atom is 0.244 e. The number of para-hydroxylation sites is 1. The molecular formula is C16H24N2O2. The van der Waals surface area contributed by atoms with E-state index in [2.05, 4.69) is 37.5 Å².